The maximum atomic E-state index is 13.7. The lowest BCUT2D eigenvalue weighted by molar-refractivity contribution is -0.113. The predicted octanol–water partition coefficient (Wildman–Crippen LogP) is 5.34. The van der Waals surface area contributed by atoms with Gasteiger partial charge in [0.2, 0.25) is 5.91 Å². The monoisotopic (exact) mass is 409 g/mol. The summed E-state index contributed by atoms with van der Waals surface area (Å²) < 4.78 is 29.0. The predicted molar refractivity (Wildman–Crippen MR) is 112 cm³/mol. The molecule has 29 heavy (non-hydrogen) atoms. The fourth-order valence-electron chi connectivity index (χ4n) is 2.95. The molecule has 0 unspecified atom stereocenters. The Kier molecular flexibility index (Phi) is 5.31. The van der Waals surface area contributed by atoms with E-state index < -0.39 is 17.5 Å². The number of rotatable bonds is 5. The van der Waals surface area contributed by atoms with E-state index in [4.69, 9.17) is 0 Å². The van der Waals surface area contributed by atoms with Crippen molar-refractivity contribution >= 4 is 34.4 Å². The van der Waals surface area contributed by atoms with Crippen molar-refractivity contribution < 1.29 is 13.6 Å². The van der Waals surface area contributed by atoms with Crippen molar-refractivity contribution in [3.8, 4) is 5.69 Å². The van der Waals surface area contributed by atoms with Gasteiger partial charge >= 0.3 is 0 Å². The zero-order valence-corrected chi connectivity index (χ0v) is 16.3. The average molecular weight is 409 g/mol. The Morgan fingerprint density at radius 3 is 2.62 bits per heavy atom. The molecule has 3 aromatic carbocycles. The Morgan fingerprint density at radius 2 is 1.83 bits per heavy atom. The molecule has 0 bridgehead atoms. The van der Waals surface area contributed by atoms with Crippen molar-refractivity contribution in [2.75, 3.05) is 11.1 Å². The van der Waals surface area contributed by atoms with Gasteiger partial charge in [0.15, 0.2) is 5.16 Å². The Balaban J connectivity index is 1.59. The van der Waals surface area contributed by atoms with Crippen LogP contribution < -0.4 is 5.32 Å². The number of hydrogen-bond donors (Lipinski definition) is 1. The molecule has 146 valence electrons. The number of imidazole rings is 1. The number of fused-ring (bicyclic) bond motifs is 1. The lowest BCUT2D eigenvalue weighted by Gasteiger charge is -2.10. The van der Waals surface area contributed by atoms with Crippen LogP contribution in [0.25, 0.3) is 16.7 Å². The first-order chi connectivity index (χ1) is 14.0. The third kappa shape index (κ3) is 4.14. The third-order valence-corrected chi connectivity index (χ3v) is 5.30. The number of nitrogens with one attached hydrogen (secondary N) is 1. The molecular weight excluding hydrogens is 392 g/mol. The number of thioether (sulfide) groups is 1. The Morgan fingerprint density at radius 1 is 1.07 bits per heavy atom. The van der Waals surface area contributed by atoms with Crippen molar-refractivity contribution in [1.82, 2.24) is 9.55 Å². The molecule has 1 heterocycles. The van der Waals surface area contributed by atoms with Crippen LogP contribution in [0.2, 0.25) is 0 Å². The fraction of sp³-hybridized carbons (Fsp3) is 0.0909. The first kappa shape index (κ1) is 19.1. The van der Waals surface area contributed by atoms with E-state index in [1.165, 1.54) is 11.8 Å². The fourth-order valence-corrected chi connectivity index (χ4v) is 3.78. The maximum absolute atomic E-state index is 13.7. The van der Waals surface area contributed by atoms with Gasteiger partial charge < -0.3 is 5.32 Å². The normalized spacial score (nSPS) is 11.0. The molecule has 0 aliphatic carbocycles. The van der Waals surface area contributed by atoms with E-state index in [9.17, 15) is 13.6 Å². The topological polar surface area (TPSA) is 46.9 Å². The van der Waals surface area contributed by atoms with Crippen molar-refractivity contribution in [2.24, 2.45) is 0 Å². The van der Waals surface area contributed by atoms with Gasteiger partial charge in [0.1, 0.15) is 11.6 Å². The molecule has 0 spiro atoms. The molecule has 0 aliphatic heterocycles. The van der Waals surface area contributed by atoms with Crippen molar-refractivity contribution in [1.29, 1.82) is 0 Å². The van der Waals surface area contributed by atoms with Crippen molar-refractivity contribution in [3.05, 3.63) is 83.9 Å². The molecule has 0 saturated carbocycles. The maximum Gasteiger partial charge on any atom is 0.234 e. The molecule has 0 saturated heterocycles. The number of hydrogen-bond acceptors (Lipinski definition) is 3. The summed E-state index contributed by atoms with van der Waals surface area (Å²) in [7, 11) is 0. The van der Waals surface area contributed by atoms with Gasteiger partial charge in [0, 0.05) is 11.8 Å². The molecule has 1 N–H and O–H groups in total. The number of carbonyl (C=O) groups excluding carboxylic acids is 1. The van der Waals surface area contributed by atoms with E-state index in [1.807, 2.05) is 60.0 Å². The Hall–Kier alpha value is -3.19. The minimum atomic E-state index is -0.684. The van der Waals surface area contributed by atoms with Gasteiger partial charge in [0.25, 0.3) is 0 Å². The number of amides is 1. The third-order valence-electron chi connectivity index (χ3n) is 4.36. The van der Waals surface area contributed by atoms with Crippen LogP contribution in [0, 0.1) is 18.6 Å². The summed E-state index contributed by atoms with van der Waals surface area (Å²) >= 11 is 1.23. The lowest BCUT2D eigenvalue weighted by atomic mass is 10.2. The zero-order valence-electron chi connectivity index (χ0n) is 15.5. The van der Waals surface area contributed by atoms with Crippen LogP contribution in [0.1, 0.15) is 5.56 Å². The molecule has 1 amide bonds. The Bertz CT molecular complexity index is 1190. The largest absolute Gasteiger partial charge is 0.323 e. The van der Waals surface area contributed by atoms with E-state index in [1.54, 1.807) is 0 Å². The number of anilines is 1. The van der Waals surface area contributed by atoms with E-state index in [-0.39, 0.29) is 11.4 Å². The van der Waals surface area contributed by atoms with E-state index in [0.29, 0.717) is 5.16 Å². The SMILES string of the molecule is Cc1ccc(-n2c(SCC(=O)Nc3cc(F)ccc3F)nc3ccccc32)cc1. The highest BCUT2D eigenvalue weighted by Crippen LogP contribution is 2.28. The van der Waals surface area contributed by atoms with E-state index in [2.05, 4.69) is 10.3 Å². The minimum Gasteiger partial charge on any atom is -0.323 e. The molecule has 1 aromatic heterocycles. The second-order valence-electron chi connectivity index (χ2n) is 6.52. The number of nitrogens with zero attached hydrogens (tertiary/aromatic N) is 2. The Labute approximate surface area is 170 Å². The smallest absolute Gasteiger partial charge is 0.234 e. The highest BCUT2D eigenvalue weighted by Gasteiger charge is 2.15. The van der Waals surface area contributed by atoms with Crippen LogP contribution in [-0.4, -0.2) is 21.2 Å². The summed E-state index contributed by atoms with van der Waals surface area (Å²) in [6.45, 7) is 2.02. The molecule has 0 radical (unpaired) electrons. The van der Waals surface area contributed by atoms with Gasteiger partial charge in [-0.05, 0) is 43.3 Å². The highest BCUT2D eigenvalue weighted by atomic mass is 32.2. The van der Waals surface area contributed by atoms with Crippen molar-refractivity contribution in [2.45, 2.75) is 12.1 Å². The quantitative estimate of drug-likeness (QED) is 0.453. The first-order valence-corrected chi connectivity index (χ1v) is 9.92. The summed E-state index contributed by atoms with van der Waals surface area (Å²) in [4.78, 5) is 16.9. The van der Waals surface area contributed by atoms with Gasteiger partial charge in [-0.1, -0.05) is 41.6 Å². The van der Waals surface area contributed by atoms with Gasteiger partial charge in [-0.2, -0.15) is 0 Å². The first-order valence-electron chi connectivity index (χ1n) is 8.93. The molecular formula is C22H17F2N3OS. The van der Waals surface area contributed by atoms with Crippen LogP contribution in [0.3, 0.4) is 0 Å². The molecule has 0 fully saturated rings. The highest BCUT2D eigenvalue weighted by molar-refractivity contribution is 7.99. The van der Waals surface area contributed by atoms with Crippen LogP contribution in [0.4, 0.5) is 14.5 Å². The zero-order chi connectivity index (χ0) is 20.4. The van der Waals surface area contributed by atoms with Gasteiger partial charge in [-0.3, -0.25) is 9.36 Å². The number of halogens is 2. The molecule has 0 aliphatic rings. The molecule has 4 nitrogen and oxygen atoms in total. The number of para-hydroxylation sites is 2. The molecule has 4 aromatic rings. The summed E-state index contributed by atoms with van der Waals surface area (Å²) in [5.74, 6) is -1.74. The van der Waals surface area contributed by atoms with E-state index in [0.717, 1.165) is 40.5 Å². The summed E-state index contributed by atoms with van der Waals surface area (Å²) in [5.41, 5.74) is 3.64. The number of aryl methyl sites for hydroxylation is 1. The van der Waals surface area contributed by atoms with Crippen molar-refractivity contribution in [3.63, 3.8) is 0 Å². The standard InChI is InChI=1S/C22H17F2N3OS/c1-14-6-9-16(10-7-14)27-20-5-3-2-4-18(20)26-22(27)29-13-21(28)25-19-12-15(23)8-11-17(19)24/h2-12H,13H2,1H3,(H,25,28). The molecule has 0 atom stereocenters. The van der Waals surface area contributed by atoms with Gasteiger partial charge in [-0.25, -0.2) is 13.8 Å². The van der Waals surface area contributed by atoms with Crippen LogP contribution in [-0.2, 0) is 4.79 Å². The molecule has 7 heteroatoms. The van der Waals surface area contributed by atoms with Crippen LogP contribution in [0.15, 0.2) is 71.9 Å². The second-order valence-corrected chi connectivity index (χ2v) is 7.46. The van der Waals surface area contributed by atoms with Gasteiger partial charge in [-0.15, -0.1) is 0 Å². The van der Waals surface area contributed by atoms with Crippen LogP contribution in [0.5, 0.6) is 0 Å². The summed E-state index contributed by atoms with van der Waals surface area (Å²) in [6, 6.07) is 18.7. The second kappa shape index (κ2) is 8.05. The van der Waals surface area contributed by atoms with E-state index >= 15 is 0 Å². The van der Waals surface area contributed by atoms with Crippen LogP contribution >= 0.6 is 11.8 Å². The molecule has 4 rings (SSSR count). The number of aromatic nitrogens is 2. The lowest BCUT2D eigenvalue weighted by Crippen LogP contribution is -2.15. The average Bonchev–Trinajstić information content (AvgIpc) is 3.08. The van der Waals surface area contributed by atoms with Gasteiger partial charge in [0.05, 0.1) is 22.5 Å². The summed E-state index contributed by atoms with van der Waals surface area (Å²) in [5, 5.41) is 3.05. The number of carbonyl (C=O) groups is 1. The number of benzene rings is 3. The summed E-state index contributed by atoms with van der Waals surface area (Å²) in [6.07, 6.45) is 0. The minimum absolute atomic E-state index is 0.00510.